The number of nitrogens with one attached hydrogen (secondary N) is 1. The highest BCUT2D eigenvalue weighted by molar-refractivity contribution is 6.74. The third kappa shape index (κ3) is 9.31. The minimum atomic E-state index is -2.40. The van der Waals surface area contributed by atoms with E-state index < -0.39 is 44.1 Å². The summed E-state index contributed by atoms with van der Waals surface area (Å²) >= 11 is 0. The Morgan fingerprint density at radius 2 is 1.01 bits per heavy atom. The summed E-state index contributed by atoms with van der Waals surface area (Å²) in [5.74, 6) is 3.16. The first-order chi connectivity index (χ1) is 34.8. The molecule has 14 heteroatoms. The Kier molecular flexibility index (Phi) is 14.2. The smallest absolute Gasteiger partial charge is 0.192 e. The third-order valence-electron chi connectivity index (χ3n) is 14.4. The maximum atomic E-state index is 18.5. The lowest BCUT2D eigenvalue weighted by Crippen LogP contribution is -2.47. The summed E-state index contributed by atoms with van der Waals surface area (Å²) in [6, 6.07) is 51.2. The molecule has 0 amide bonds. The van der Waals surface area contributed by atoms with E-state index in [1.165, 1.54) is 6.33 Å². The second-order valence-corrected chi connectivity index (χ2v) is 24.2. The van der Waals surface area contributed by atoms with Gasteiger partial charge in [0.2, 0.25) is 0 Å². The van der Waals surface area contributed by atoms with Gasteiger partial charge in [0.05, 0.1) is 41.4 Å². The zero-order valence-electron chi connectivity index (χ0n) is 42.2. The van der Waals surface area contributed by atoms with E-state index in [4.69, 9.17) is 47.8 Å². The van der Waals surface area contributed by atoms with Crippen LogP contribution in [0.3, 0.4) is 0 Å². The average molecular weight is 988 g/mol. The third-order valence-corrected chi connectivity index (χ3v) is 18.9. The summed E-state index contributed by atoms with van der Waals surface area (Å²) in [5.41, 5.74) is 3.39. The van der Waals surface area contributed by atoms with Gasteiger partial charge in [-0.25, -0.2) is 19.3 Å². The molecule has 72 heavy (non-hydrogen) atoms. The number of ether oxygens (including phenoxy) is 6. The van der Waals surface area contributed by atoms with Crippen molar-refractivity contribution >= 4 is 25.3 Å². The summed E-state index contributed by atoms with van der Waals surface area (Å²) < 4.78 is 63.9. The van der Waals surface area contributed by atoms with Crippen LogP contribution in [0.5, 0.6) is 23.0 Å². The van der Waals surface area contributed by atoms with E-state index in [2.05, 4.69) is 51.3 Å². The van der Waals surface area contributed by atoms with Crippen molar-refractivity contribution in [1.29, 1.82) is 0 Å². The second kappa shape index (κ2) is 20.6. The fourth-order valence-electron chi connectivity index (χ4n) is 9.33. The summed E-state index contributed by atoms with van der Waals surface area (Å²) in [5, 5.41) is 3.71. The number of methoxy groups -OCH3 is 4. The molecule has 0 bridgehead atoms. The maximum absolute atomic E-state index is 18.5. The molecule has 2 aromatic heterocycles. The van der Waals surface area contributed by atoms with Gasteiger partial charge in [-0.3, -0.25) is 4.57 Å². The first-order valence-electron chi connectivity index (χ1n) is 24.0. The van der Waals surface area contributed by atoms with E-state index in [-0.39, 0.29) is 11.6 Å². The Morgan fingerprint density at radius 1 is 0.583 bits per heavy atom. The molecule has 3 heterocycles. The molecule has 0 saturated carbocycles. The quantitative estimate of drug-likeness (QED) is 0.0653. The van der Waals surface area contributed by atoms with Gasteiger partial charge in [0.1, 0.15) is 52.7 Å². The Labute approximate surface area is 422 Å². The molecule has 372 valence electrons. The van der Waals surface area contributed by atoms with Crippen molar-refractivity contribution in [3.05, 3.63) is 204 Å². The molecule has 1 aliphatic heterocycles. The number of aromatic nitrogens is 4. The predicted molar refractivity (Wildman–Crippen MR) is 280 cm³/mol. The number of hydrogen-bond donors (Lipinski definition) is 1. The number of halogens is 1. The predicted octanol–water partition coefficient (Wildman–Crippen LogP) is 11.9. The molecule has 0 radical (unpaired) electrons. The van der Waals surface area contributed by atoms with Gasteiger partial charge in [-0.05, 0) is 100 Å². The maximum Gasteiger partial charge on any atom is 0.192 e. The molecule has 6 aromatic carbocycles. The van der Waals surface area contributed by atoms with Crippen molar-refractivity contribution in [2.75, 3.05) is 40.4 Å². The lowest BCUT2D eigenvalue weighted by atomic mass is 9.77. The van der Waals surface area contributed by atoms with E-state index in [1.807, 2.05) is 146 Å². The number of rotatable bonds is 18. The van der Waals surface area contributed by atoms with Gasteiger partial charge in [-0.1, -0.05) is 130 Å². The van der Waals surface area contributed by atoms with Crippen molar-refractivity contribution in [2.45, 2.75) is 74.7 Å². The van der Waals surface area contributed by atoms with Gasteiger partial charge in [-0.15, -0.1) is 0 Å². The molecule has 0 unspecified atom stereocenters. The van der Waals surface area contributed by atoms with E-state index >= 15 is 4.39 Å². The number of nitrogens with zero attached hydrogens (tertiary/aromatic N) is 4. The SMILES string of the molecule is COc1ccc(C(Nc2ncnc3c2ncn3[C@@H]2O[C@H](CO[Si](C)(C)C(C)(C)C)[C@@H](OC(c3ccccc3)(c3ccc(OC)cc3)c3ccc(OC)cc3)[C@H]2F)(c2ccccc2)c2ccc(OC)cc2)cc1. The van der Waals surface area contributed by atoms with Crippen molar-refractivity contribution in [3.63, 3.8) is 0 Å². The van der Waals surface area contributed by atoms with Crippen LogP contribution in [0.4, 0.5) is 10.2 Å². The van der Waals surface area contributed by atoms with Crippen LogP contribution in [-0.4, -0.2) is 81.3 Å². The van der Waals surface area contributed by atoms with Gasteiger partial charge < -0.3 is 38.2 Å². The first kappa shape index (κ1) is 49.9. The summed E-state index contributed by atoms with van der Waals surface area (Å²) in [4.78, 5) is 14.5. The largest absolute Gasteiger partial charge is 0.497 e. The highest BCUT2D eigenvalue weighted by Gasteiger charge is 2.53. The van der Waals surface area contributed by atoms with Gasteiger partial charge >= 0.3 is 0 Å². The standard InChI is InChI=1S/C58H62FN5O7Si/c1-56(2,3)72(8,9)69-36-49-52(71-58(42-18-14-11-15-19-42,43-24-32-47(67-6)33-25-43)44-26-34-48(68-7)35-27-44)50(59)55(70-49)64-38-62-51-53(60-37-61-54(51)64)63-57(39-16-12-10-13-17-39,40-20-28-45(65-4)29-21-40)41-22-30-46(66-5)31-23-41/h10-35,37-38,49-50,52,55H,36H2,1-9H3,(H,60,61,63)/t49-,50-,52-,55-/m1/s1. The van der Waals surface area contributed by atoms with Crippen LogP contribution in [0, 0.1) is 0 Å². The fourth-order valence-corrected chi connectivity index (χ4v) is 10.3. The minimum Gasteiger partial charge on any atom is -0.497 e. The number of fused-ring (bicyclic) bond motifs is 1. The van der Waals surface area contributed by atoms with Crippen LogP contribution < -0.4 is 24.3 Å². The van der Waals surface area contributed by atoms with Crippen molar-refractivity contribution < 1.29 is 37.2 Å². The lowest BCUT2D eigenvalue weighted by molar-refractivity contribution is -0.103. The van der Waals surface area contributed by atoms with Crippen LogP contribution in [0.15, 0.2) is 170 Å². The van der Waals surface area contributed by atoms with E-state index in [0.717, 1.165) is 33.4 Å². The summed E-state index contributed by atoms with van der Waals surface area (Å²) in [6.45, 7) is 11.0. The molecule has 1 saturated heterocycles. The number of benzene rings is 6. The average Bonchev–Trinajstić information content (AvgIpc) is 3.99. The molecule has 8 aromatic rings. The molecular formula is C58H62FN5O7Si. The van der Waals surface area contributed by atoms with Crippen LogP contribution in [0.2, 0.25) is 18.1 Å². The van der Waals surface area contributed by atoms with Crippen LogP contribution in [0.1, 0.15) is 60.4 Å². The Morgan fingerprint density at radius 3 is 1.47 bits per heavy atom. The van der Waals surface area contributed by atoms with E-state index in [9.17, 15) is 0 Å². The topological polar surface area (TPSA) is 120 Å². The van der Waals surface area contributed by atoms with Gasteiger partial charge in [-0.2, -0.15) is 0 Å². The Balaban J connectivity index is 1.18. The molecule has 4 atom stereocenters. The molecule has 9 rings (SSSR count). The highest BCUT2D eigenvalue weighted by Crippen LogP contribution is 2.48. The highest BCUT2D eigenvalue weighted by atomic mass is 28.4. The fraction of sp³-hybridized carbons (Fsp3) is 0.293. The number of alkyl halides is 1. The van der Waals surface area contributed by atoms with E-state index in [1.54, 1.807) is 39.3 Å². The summed E-state index contributed by atoms with van der Waals surface area (Å²) in [7, 11) is 4.14. The van der Waals surface area contributed by atoms with Crippen LogP contribution >= 0.6 is 0 Å². The van der Waals surface area contributed by atoms with Crippen molar-refractivity contribution in [2.24, 2.45) is 0 Å². The monoisotopic (exact) mass is 987 g/mol. The normalized spacial score (nSPS) is 17.4. The number of anilines is 1. The molecule has 0 aliphatic carbocycles. The van der Waals surface area contributed by atoms with Crippen LogP contribution in [0.25, 0.3) is 11.2 Å². The van der Waals surface area contributed by atoms with Crippen LogP contribution in [-0.2, 0) is 25.0 Å². The second-order valence-electron chi connectivity index (χ2n) is 19.4. The molecule has 1 N–H and O–H groups in total. The molecule has 1 aliphatic rings. The van der Waals surface area contributed by atoms with Crippen molar-refractivity contribution in [3.8, 4) is 23.0 Å². The minimum absolute atomic E-state index is 0.0753. The van der Waals surface area contributed by atoms with Crippen molar-refractivity contribution in [1.82, 2.24) is 19.5 Å². The van der Waals surface area contributed by atoms with Gasteiger partial charge in [0.15, 0.2) is 37.7 Å². The molecule has 0 spiro atoms. The van der Waals surface area contributed by atoms with E-state index in [0.29, 0.717) is 40.0 Å². The number of imidazole rings is 1. The lowest BCUT2D eigenvalue weighted by Gasteiger charge is -2.40. The van der Waals surface area contributed by atoms with Gasteiger partial charge in [0, 0.05) is 0 Å². The Bertz CT molecular complexity index is 2950. The zero-order chi connectivity index (χ0) is 50.7. The Hall–Kier alpha value is -7.10. The zero-order valence-corrected chi connectivity index (χ0v) is 43.2. The molecule has 12 nitrogen and oxygen atoms in total. The number of hydrogen-bond acceptors (Lipinski definition) is 11. The van der Waals surface area contributed by atoms with Gasteiger partial charge in [0.25, 0.3) is 0 Å². The summed E-state index contributed by atoms with van der Waals surface area (Å²) in [6.07, 6.45) is -2.04. The molecule has 1 fully saturated rings. The molecular weight excluding hydrogens is 926 g/mol. The first-order valence-corrected chi connectivity index (χ1v) is 26.9.